The topological polar surface area (TPSA) is 98.7 Å². The van der Waals surface area contributed by atoms with Crippen LogP contribution in [0.2, 0.25) is 0 Å². The number of carbonyl (C=O) groups excluding carboxylic acids is 2. The summed E-state index contributed by atoms with van der Waals surface area (Å²) in [5.74, 6) is -1.64. The Hall–Kier alpha value is -1.92. The number of hydrogen-bond acceptors (Lipinski definition) is 4. The number of amides is 2. The molecule has 0 spiro atoms. The van der Waals surface area contributed by atoms with Crippen molar-refractivity contribution in [3.05, 3.63) is 29.8 Å². The van der Waals surface area contributed by atoms with Crippen molar-refractivity contribution in [3.8, 4) is 0 Å². The highest BCUT2D eigenvalue weighted by Gasteiger charge is 2.18. The van der Waals surface area contributed by atoms with Crippen molar-refractivity contribution in [3.63, 3.8) is 0 Å². The first-order chi connectivity index (χ1) is 9.24. The molecule has 0 fully saturated rings. The first-order valence-corrected chi connectivity index (χ1v) is 6.29. The number of benzene rings is 1. The molecule has 0 radical (unpaired) electrons. The van der Waals surface area contributed by atoms with E-state index in [0.717, 1.165) is 0 Å². The van der Waals surface area contributed by atoms with Gasteiger partial charge in [-0.25, -0.2) is 0 Å². The lowest BCUT2D eigenvalue weighted by Crippen LogP contribution is -2.42. The van der Waals surface area contributed by atoms with Crippen LogP contribution in [0.15, 0.2) is 24.3 Å². The van der Waals surface area contributed by atoms with Crippen LogP contribution in [-0.4, -0.2) is 34.7 Å². The molecule has 0 aromatic heterocycles. The fourth-order valence-electron chi connectivity index (χ4n) is 1.50. The van der Waals surface area contributed by atoms with Crippen LogP contribution in [0.4, 0.5) is 5.69 Å². The van der Waals surface area contributed by atoms with Crippen LogP contribution in [0.25, 0.3) is 0 Å². The number of aliphatic hydroxyl groups excluding tert-OH is 1. The van der Waals surface area contributed by atoms with E-state index in [-0.39, 0.29) is 6.61 Å². The van der Waals surface area contributed by atoms with Crippen molar-refractivity contribution < 1.29 is 19.8 Å². The van der Waals surface area contributed by atoms with E-state index in [9.17, 15) is 14.7 Å². The molecule has 6 nitrogen and oxygen atoms in total. The van der Waals surface area contributed by atoms with Crippen molar-refractivity contribution >= 4 is 17.5 Å². The molecule has 0 aliphatic rings. The van der Waals surface area contributed by atoms with E-state index in [1.165, 1.54) is 0 Å². The number of carbonyl (C=O) groups is 2. The molecule has 20 heavy (non-hydrogen) atoms. The molecule has 2 amide bonds. The zero-order valence-corrected chi connectivity index (χ0v) is 11.8. The highest BCUT2D eigenvalue weighted by Crippen LogP contribution is 2.22. The van der Waals surface area contributed by atoms with Crippen molar-refractivity contribution in [2.75, 3.05) is 11.9 Å². The smallest absolute Gasteiger partial charge is 0.313 e. The van der Waals surface area contributed by atoms with Crippen LogP contribution in [0.3, 0.4) is 0 Å². The lowest BCUT2D eigenvalue weighted by atomic mass is 9.98. The summed E-state index contributed by atoms with van der Waals surface area (Å²) in [7, 11) is 0. The van der Waals surface area contributed by atoms with Gasteiger partial charge in [-0.2, -0.15) is 0 Å². The molecule has 6 heteroatoms. The molecule has 0 aliphatic carbocycles. The summed E-state index contributed by atoms with van der Waals surface area (Å²) in [5, 5.41) is 23.5. The van der Waals surface area contributed by atoms with Gasteiger partial charge in [0.05, 0.1) is 12.2 Å². The second kappa shape index (κ2) is 6.49. The third-order valence-electron chi connectivity index (χ3n) is 2.68. The normalized spacial score (nSPS) is 12.7. The molecule has 1 rings (SSSR count). The van der Waals surface area contributed by atoms with Gasteiger partial charge in [-0.3, -0.25) is 9.59 Å². The molecule has 0 saturated heterocycles. The quantitative estimate of drug-likeness (QED) is 0.598. The summed E-state index contributed by atoms with van der Waals surface area (Å²) in [5.41, 5.74) is 0.00913. The lowest BCUT2D eigenvalue weighted by molar-refractivity contribution is -0.136. The minimum atomic E-state index is -1.03. The van der Waals surface area contributed by atoms with Crippen molar-refractivity contribution in [2.45, 2.75) is 32.4 Å². The third kappa shape index (κ3) is 4.64. The van der Waals surface area contributed by atoms with Gasteiger partial charge >= 0.3 is 11.8 Å². The summed E-state index contributed by atoms with van der Waals surface area (Å²) in [6.07, 6.45) is 0. The minimum Gasteiger partial charge on any atom is -0.394 e. The number of anilines is 1. The summed E-state index contributed by atoms with van der Waals surface area (Å²) in [6.45, 7) is 4.60. The van der Waals surface area contributed by atoms with E-state index in [2.05, 4.69) is 10.6 Å². The number of nitrogens with one attached hydrogen (secondary N) is 2. The third-order valence-corrected chi connectivity index (χ3v) is 2.68. The summed E-state index contributed by atoms with van der Waals surface area (Å²) < 4.78 is 0. The van der Waals surface area contributed by atoms with Crippen molar-refractivity contribution in [2.24, 2.45) is 0 Å². The van der Waals surface area contributed by atoms with Gasteiger partial charge in [-0.1, -0.05) is 12.1 Å². The standard InChI is InChI=1S/C14H20N2O4/c1-9(8-17)15-12(18)13(19)16-11-6-4-5-10(7-11)14(2,3)20/h4-7,9,17,20H,8H2,1-3H3,(H,15,18)(H,16,19)/t9-/m0/s1. The van der Waals surface area contributed by atoms with Crippen LogP contribution in [-0.2, 0) is 15.2 Å². The Labute approximate surface area is 117 Å². The van der Waals surface area contributed by atoms with Crippen LogP contribution in [0, 0.1) is 0 Å². The van der Waals surface area contributed by atoms with Gasteiger partial charge in [-0.05, 0) is 38.5 Å². The van der Waals surface area contributed by atoms with Crippen LogP contribution >= 0.6 is 0 Å². The second-order valence-electron chi connectivity index (χ2n) is 5.15. The first-order valence-electron chi connectivity index (χ1n) is 6.29. The molecule has 4 N–H and O–H groups in total. The number of aliphatic hydroxyl groups is 2. The van der Waals surface area contributed by atoms with Crippen molar-refractivity contribution in [1.29, 1.82) is 0 Å². The summed E-state index contributed by atoms with van der Waals surface area (Å²) in [4.78, 5) is 23.2. The molecular formula is C14H20N2O4. The molecule has 1 aromatic rings. The predicted molar refractivity (Wildman–Crippen MR) is 75.0 cm³/mol. The average Bonchev–Trinajstić information content (AvgIpc) is 2.37. The van der Waals surface area contributed by atoms with E-state index < -0.39 is 23.5 Å². The van der Waals surface area contributed by atoms with Crippen LogP contribution < -0.4 is 10.6 Å². The zero-order chi connectivity index (χ0) is 15.3. The number of hydrogen-bond donors (Lipinski definition) is 4. The molecule has 0 saturated carbocycles. The Morgan fingerprint density at radius 3 is 2.50 bits per heavy atom. The number of rotatable bonds is 4. The lowest BCUT2D eigenvalue weighted by Gasteiger charge is -2.18. The summed E-state index contributed by atoms with van der Waals surface area (Å²) >= 11 is 0. The van der Waals surface area contributed by atoms with E-state index in [1.54, 1.807) is 45.0 Å². The van der Waals surface area contributed by atoms with Gasteiger partial charge in [0, 0.05) is 11.7 Å². The molecule has 1 aromatic carbocycles. The maximum absolute atomic E-state index is 11.7. The Balaban J connectivity index is 2.74. The second-order valence-corrected chi connectivity index (χ2v) is 5.15. The van der Waals surface area contributed by atoms with Gasteiger partial charge in [0.15, 0.2) is 0 Å². The maximum Gasteiger partial charge on any atom is 0.313 e. The average molecular weight is 280 g/mol. The van der Waals surface area contributed by atoms with Crippen molar-refractivity contribution in [1.82, 2.24) is 5.32 Å². The molecule has 0 bridgehead atoms. The molecule has 0 heterocycles. The van der Waals surface area contributed by atoms with Crippen LogP contribution in [0.5, 0.6) is 0 Å². The molecular weight excluding hydrogens is 260 g/mol. The van der Waals surface area contributed by atoms with E-state index in [1.807, 2.05) is 0 Å². The van der Waals surface area contributed by atoms with E-state index in [4.69, 9.17) is 5.11 Å². The molecule has 1 atom stereocenters. The predicted octanol–water partition coefficient (Wildman–Crippen LogP) is 0.349. The minimum absolute atomic E-state index is 0.243. The van der Waals surface area contributed by atoms with Crippen LogP contribution in [0.1, 0.15) is 26.3 Å². The Kier molecular flexibility index (Phi) is 5.24. The largest absolute Gasteiger partial charge is 0.394 e. The first kappa shape index (κ1) is 16.1. The summed E-state index contributed by atoms with van der Waals surface area (Å²) in [6, 6.07) is 6.13. The van der Waals surface area contributed by atoms with Gasteiger partial charge in [-0.15, -0.1) is 0 Å². The fraction of sp³-hybridized carbons (Fsp3) is 0.429. The Bertz CT molecular complexity index is 494. The Morgan fingerprint density at radius 2 is 1.95 bits per heavy atom. The zero-order valence-electron chi connectivity index (χ0n) is 11.8. The van der Waals surface area contributed by atoms with Gasteiger partial charge < -0.3 is 20.8 Å². The van der Waals surface area contributed by atoms with Gasteiger partial charge in [0.2, 0.25) is 0 Å². The Morgan fingerprint density at radius 1 is 1.30 bits per heavy atom. The molecule has 0 aliphatic heterocycles. The molecule has 110 valence electrons. The monoisotopic (exact) mass is 280 g/mol. The van der Waals surface area contributed by atoms with Gasteiger partial charge in [0.25, 0.3) is 0 Å². The highest BCUT2D eigenvalue weighted by molar-refractivity contribution is 6.39. The molecule has 0 unspecified atom stereocenters. The fourth-order valence-corrected chi connectivity index (χ4v) is 1.50. The highest BCUT2D eigenvalue weighted by atomic mass is 16.3. The SMILES string of the molecule is C[C@@H](CO)NC(=O)C(=O)Nc1cccc(C(C)(C)O)c1. The maximum atomic E-state index is 11.7. The van der Waals surface area contributed by atoms with E-state index in [0.29, 0.717) is 11.3 Å². The van der Waals surface area contributed by atoms with Gasteiger partial charge in [0.1, 0.15) is 0 Å². The van der Waals surface area contributed by atoms with E-state index >= 15 is 0 Å².